The second kappa shape index (κ2) is 11.1. The van der Waals surface area contributed by atoms with E-state index >= 15 is 0 Å². The summed E-state index contributed by atoms with van der Waals surface area (Å²) < 4.78 is 7.18. The van der Waals surface area contributed by atoms with Crippen molar-refractivity contribution >= 4 is 66.4 Å². The highest BCUT2D eigenvalue weighted by Gasteiger charge is 2.12. The number of halogens is 2. The molecule has 0 heterocycles. The first kappa shape index (κ1) is 23.7. The summed E-state index contributed by atoms with van der Waals surface area (Å²) in [6, 6.07) is 25.9. The van der Waals surface area contributed by atoms with Gasteiger partial charge in [0.05, 0.1) is 18.3 Å². The first-order chi connectivity index (χ1) is 16.5. The number of fused-ring (bicyclic) bond motifs is 1. The minimum atomic E-state index is -0.493. The molecule has 0 atom stereocenters. The Labute approximate surface area is 213 Å². The average molecular weight is 581 g/mol. The highest BCUT2D eigenvalue weighted by Crippen LogP contribution is 2.24. The van der Waals surface area contributed by atoms with Crippen LogP contribution >= 0.6 is 31.9 Å². The molecule has 0 fully saturated rings. The van der Waals surface area contributed by atoms with Crippen LogP contribution in [0.1, 0.15) is 15.9 Å². The number of esters is 1. The predicted octanol–water partition coefficient (Wildman–Crippen LogP) is 6.15. The van der Waals surface area contributed by atoms with Crippen LogP contribution in [0.3, 0.4) is 0 Å². The molecule has 170 valence electrons. The molecule has 0 aliphatic rings. The van der Waals surface area contributed by atoms with Gasteiger partial charge in [0, 0.05) is 25.6 Å². The third-order valence-electron chi connectivity index (χ3n) is 4.88. The number of amides is 1. The van der Waals surface area contributed by atoms with Crippen LogP contribution in [0.4, 0.5) is 5.69 Å². The number of hydrogen-bond acceptors (Lipinski definition) is 5. The summed E-state index contributed by atoms with van der Waals surface area (Å²) in [4.78, 5) is 24.8. The number of benzene rings is 4. The molecule has 8 heteroatoms. The van der Waals surface area contributed by atoms with Crippen LogP contribution in [-0.2, 0) is 4.79 Å². The molecular weight excluding hydrogens is 562 g/mol. The van der Waals surface area contributed by atoms with Crippen LogP contribution < -0.4 is 15.5 Å². The monoisotopic (exact) mass is 579 g/mol. The van der Waals surface area contributed by atoms with Gasteiger partial charge in [-0.15, -0.1) is 0 Å². The molecule has 1 amide bonds. The predicted molar refractivity (Wildman–Crippen MR) is 141 cm³/mol. The maximum absolute atomic E-state index is 12.5. The Morgan fingerprint density at radius 3 is 2.44 bits per heavy atom. The van der Waals surface area contributed by atoms with Gasteiger partial charge in [-0.2, -0.15) is 5.10 Å². The number of rotatable bonds is 7. The number of ether oxygens (including phenoxy) is 1. The number of anilines is 1. The second-order valence-corrected chi connectivity index (χ2v) is 9.08. The summed E-state index contributed by atoms with van der Waals surface area (Å²) in [5.74, 6) is -0.483. The van der Waals surface area contributed by atoms with Crippen LogP contribution in [0, 0.1) is 0 Å². The molecule has 0 radical (unpaired) electrons. The Kier molecular flexibility index (Phi) is 7.72. The van der Waals surface area contributed by atoms with Crippen molar-refractivity contribution < 1.29 is 14.3 Å². The van der Waals surface area contributed by atoms with Crippen molar-refractivity contribution in [3.05, 3.63) is 105 Å². The van der Waals surface area contributed by atoms with E-state index in [0.29, 0.717) is 16.9 Å². The van der Waals surface area contributed by atoms with Crippen molar-refractivity contribution in [1.29, 1.82) is 0 Å². The standard InChI is InChI=1S/C26H19Br2N3O3/c27-20-10-8-18(9-11-20)26(33)34-24-13-12-21(28)14-19(24)15-30-31-25(32)16-29-23-7-3-5-17-4-1-2-6-22(17)23/h1-15,29H,16H2,(H,31,32)/b30-15+. The number of hydrogen-bond donors (Lipinski definition) is 2. The molecule has 34 heavy (non-hydrogen) atoms. The summed E-state index contributed by atoms with van der Waals surface area (Å²) in [7, 11) is 0. The molecule has 4 aromatic rings. The molecule has 0 bridgehead atoms. The van der Waals surface area contributed by atoms with Gasteiger partial charge in [0.1, 0.15) is 5.75 Å². The molecule has 0 aromatic heterocycles. The van der Waals surface area contributed by atoms with Crippen LogP contribution in [0.5, 0.6) is 5.75 Å². The molecule has 0 aliphatic carbocycles. The molecular formula is C26H19Br2N3O3. The number of carbonyl (C=O) groups excluding carboxylic acids is 2. The van der Waals surface area contributed by atoms with E-state index in [-0.39, 0.29) is 12.5 Å². The SMILES string of the molecule is O=C(CNc1cccc2ccccc12)N/N=C/c1cc(Br)ccc1OC(=O)c1ccc(Br)cc1. The van der Waals surface area contributed by atoms with Gasteiger partial charge in [-0.05, 0) is 53.9 Å². The molecule has 4 aromatic carbocycles. The maximum atomic E-state index is 12.5. The molecule has 0 saturated heterocycles. The number of hydrazone groups is 1. The van der Waals surface area contributed by atoms with Crippen molar-refractivity contribution in [2.24, 2.45) is 5.10 Å². The molecule has 0 spiro atoms. The molecule has 4 rings (SSSR count). The fourth-order valence-corrected chi connectivity index (χ4v) is 3.87. The molecule has 2 N–H and O–H groups in total. The van der Waals surface area contributed by atoms with Gasteiger partial charge in [0.15, 0.2) is 0 Å². The Morgan fingerprint density at radius 1 is 0.882 bits per heavy atom. The van der Waals surface area contributed by atoms with E-state index in [4.69, 9.17) is 4.74 Å². The second-order valence-electron chi connectivity index (χ2n) is 7.25. The fraction of sp³-hybridized carbons (Fsp3) is 0.0385. The van der Waals surface area contributed by atoms with Gasteiger partial charge >= 0.3 is 5.97 Å². The van der Waals surface area contributed by atoms with E-state index in [1.165, 1.54) is 6.21 Å². The Morgan fingerprint density at radius 2 is 1.62 bits per heavy atom. The normalized spacial score (nSPS) is 10.9. The third kappa shape index (κ3) is 6.09. The first-order valence-electron chi connectivity index (χ1n) is 10.3. The lowest BCUT2D eigenvalue weighted by molar-refractivity contribution is -0.119. The van der Waals surface area contributed by atoms with E-state index < -0.39 is 5.97 Å². The summed E-state index contributed by atoms with van der Waals surface area (Å²) in [6.07, 6.45) is 1.44. The van der Waals surface area contributed by atoms with Crippen molar-refractivity contribution in [2.75, 3.05) is 11.9 Å². The quantitative estimate of drug-likeness (QED) is 0.119. The van der Waals surface area contributed by atoms with Crippen LogP contribution in [0.15, 0.2) is 99.0 Å². The highest BCUT2D eigenvalue weighted by molar-refractivity contribution is 9.10. The lowest BCUT2D eigenvalue weighted by atomic mass is 10.1. The highest BCUT2D eigenvalue weighted by atomic mass is 79.9. The van der Waals surface area contributed by atoms with Crippen molar-refractivity contribution in [3.8, 4) is 5.75 Å². The van der Waals surface area contributed by atoms with Gasteiger partial charge < -0.3 is 10.1 Å². The zero-order chi connectivity index (χ0) is 23.9. The number of nitrogens with zero attached hydrogens (tertiary/aromatic N) is 1. The minimum Gasteiger partial charge on any atom is -0.422 e. The first-order valence-corrected chi connectivity index (χ1v) is 11.9. The molecule has 6 nitrogen and oxygen atoms in total. The molecule has 0 saturated carbocycles. The summed E-state index contributed by atoms with van der Waals surface area (Å²) >= 11 is 6.74. The lowest BCUT2D eigenvalue weighted by Crippen LogP contribution is -2.26. The maximum Gasteiger partial charge on any atom is 0.343 e. The number of nitrogens with one attached hydrogen (secondary N) is 2. The summed E-state index contributed by atoms with van der Waals surface area (Å²) in [6.45, 7) is 0.0508. The topological polar surface area (TPSA) is 79.8 Å². The number of carbonyl (C=O) groups is 2. The summed E-state index contributed by atoms with van der Waals surface area (Å²) in [5, 5.41) is 9.29. The Balaban J connectivity index is 1.39. The van der Waals surface area contributed by atoms with Crippen molar-refractivity contribution in [1.82, 2.24) is 5.43 Å². The largest absolute Gasteiger partial charge is 0.422 e. The Hall–Kier alpha value is -3.49. The van der Waals surface area contributed by atoms with E-state index in [1.54, 1.807) is 42.5 Å². The van der Waals surface area contributed by atoms with Crippen LogP contribution in [0.25, 0.3) is 10.8 Å². The minimum absolute atomic E-state index is 0.0508. The van der Waals surface area contributed by atoms with Crippen molar-refractivity contribution in [3.63, 3.8) is 0 Å². The average Bonchev–Trinajstić information content (AvgIpc) is 2.84. The lowest BCUT2D eigenvalue weighted by Gasteiger charge is -2.09. The van der Waals surface area contributed by atoms with E-state index in [9.17, 15) is 9.59 Å². The third-order valence-corrected chi connectivity index (χ3v) is 5.90. The zero-order valence-electron chi connectivity index (χ0n) is 17.8. The van der Waals surface area contributed by atoms with E-state index in [1.807, 2.05) is 42.5 Å². The zero-order valence-corrected chi connectivity index (χ0v) is 21.0. The Bertz CT molecular complexity index is 1370. The molecule has 0 aliphatic heterocycles. The van der Waals surface area contributed by atoms with E-state index in [2.05, 4.69) is 47.7 Å². The molecule has 0 unspecified atom stereocenters. The van der Waals surface area contributed by atoms with Gasteiger partial charge in [-0.3, -0.25) is 4.79 Å². The van der Waals surface area contributed by atoms with Gasteiger partial charge in [-0.1, -0.05) is 68.3 Å². The fourth-order valence-electron chi connectivity index (χ4n) is 3.23. The van der Waals surface area contributed by atoms with Crippen molar-refractivity contribution in [2.45, 2.75) is 0 Å². The van der Waals surface area contributed by atoms with Crippen LogP contribution in [-0.4, -0.2) is 24.6 Å². The van der Waals surface area contributed by atoms with Gasteiger partial charge in [0.2, 0.25) is 0 Å². The van der Waals surface area contributed by atoms with Gasteiger partial charge in [-0.25, -0.2) is 10.2 Å². The van der Waals surface area contributed by atoms with Gasteiger partial charge in [0.25, 0.3) is 5.91 Å². The van der Waals surface area contributed by atoms with Crippen LogP contribution in [0.2, 0.25) is 0 Å². The summed E-state index contributed by atoms with van der Waals surface area (Å²) in [5.41, 5.74) is 4.31. The van der Waals surface area contributed by atoms with E-state index in [0.717, 1.165) is 25.4 Å². The smallest absolute Gasteiger partial charge is 0.343 e.